The number of aldehydes is 1. The second-order valence-corrected chi connectivity index (χ2v) is 15.7. The molecule has 1 N–H and O–H groups in total. The van der Waals surface area contributed by atoms with Crippen LogP contribution in [0.1, 0.15) is 113 Å². The molecular weight excluding hydrogens is 420 g/mol. The molecule has 5 saturated carbocycles. The molecular formula is C31H52O3. The maximum absolute atomic E-state index is 13.2. The molecule has 3 nitrogen and oxygen atoms in total. The monoisotopic (exact) mass is 472 g/mol. The highest BCUT2D eigenvalue weighted by Gasteiger charge is 2.70. The molecule has 34 heavy (non-hydrogen) atoms. The lowest BCUT2D eigenvalue weighted by Gasteiger charge is -2.64. The summed E-state index contributed by atoms with van der Waals surface area (Å²) in [4.78, 5) is 13.2. The van der Waals surface area contributed by atoms with Crippen molar-refractivity contribution in [2.45, 2.75) is 125 Å². The summed E-state index contributed by atoms with van der Waals surface area (Å²) in [5.74, 6) is 2.26. The molecule has 0 spiro atoms. The zero-order valence-corrected chi connectivity index (χ0v) is 23.4. The number of carbonyl (C=O) groups is 1. The van der Waals surface area contributed by atoms with Gasteiger partial charge in [0.25, 0.3) is 0 Å². The van der Waals surface area contributed by atoms with E-state index in [2.05, 4.69) is 48.5 Å². The van der Waals surface area contributed by atoms with Crippen LogP contribution in [0, 0.1) is 56.2 Å². The van der Waals surface area contributed by atoms with E-state index in [-0.39, 0.29) is 33.2 Å². The Morgan fingerprint density at radius 2 is 1.35 bits per heavy atom. The normalized spacial score (nSPS) is 55.8. The first-order valence-corrected chi connectivity index (χ1v) is 14.4. The molecule has 3 heteroatoms. The highest BCUT2D eigenvalue weighted by molar-refractivity contribution is 5.62. The van der Waals surface area contributed by atoms with Gasteiger partial charge in [-0.1, -0.05) is 48.5 Å². The molecule has 0 saturated heterocycles. The van der Waals surface area contributed by atoms with Crippen LogP contribution < -0.4 is 0 Å². The number of fused-ring (bicyclic) bond motifs is 6. The average Bonchev–Trinajstić information content (AvgIpc) is 2.90. The SMILES string of the molecule is CO[C@@H]1CC[C@@]2(C)[C@@H](CC[C@@]3(C)C[C@@]4(C=O)C[C@H]5C(C)(C)[C@H](O)CC[C@]5(C)[C@H]4CC[C@@H]32)C1(C)C. The standard InChI is InChI=1S/C31H52O3/c1-26(2)23-17-31(19-32)18-28(5)14-11-20-27(3,4)25(34-8)13-16-29(20,6)21(28)9-10-22(31)30(23,7)15-12-24(26)33/h19-25,33H,9-18H2,1-8H3/t20-,21-,22+,23-,24+,25+,28-,29-,30+,31+/m0/s1. The summed E-state index contributed by atoms with van der Waals surface area (Å²) in [5, 5.41) is 10.9. The van der Waals surface area contributed by atoms with E-state index < -0.39 is 0 Å². The Labute approximate surface area is 209 Å². The quantitative estimate of drug-likeness (QED) is 0.438. The van der Waals surface area contributed by atoms with E-state index in [0.29, 0.717) is 35.2 Å². The van der Waals surface area contributed by atoms with Crippen LogP contribution in [0.4, 0.5) is 0 Å². The van der Waals surface area contributed by atoms with E-state index in [1.165, 1.54) is 38.4 Å². The van der Waals surface area contributed by atoms with Gasteiger partial charge in [-0.25, -0.2) is 0 Å². The number of methoxy groups -OCH3 is 1. The zero-order valence-electron chi connectivity index (χ0n) is 23.4. The minimum absolute atomic E-state index is 0.109. The van der Waals surface area contributed by atoms with Gasteiger partial charge in [0.1, 0.15) is 6.29 Å². The van der Waals surface area contributed by atoms with E-state index in [1.807, 2.05) is 7.11 Å². The van der Waals surface area contributed by atoms with Crippen molar-refractivity contribution in [3.05, 3.63) is 0 Å². The maximum atomic E-state index is 13.2. The van der Waals surface area contributed by atoms with Crippen molar-refractivity contribution in [1.82, 2.24) is 0 Å². The Balaban J connectivity index is 1.54. The predicted octanol–water partition coefficient (Wildman–Crippen LogP) is 7.05. The van der Waals surface area contributed by atoms with Crippen LogP contribution >= 0.6 is 0 Å². The molecule has 0 unspecified atom stereocenters. The summed E-state index contributed by atoms with van der Waals surface area (Å²) < 4.78 is 6.01. The largest absolute Gasteiger partial charge is 0.393 e. The van der Waals surface area contributed by atoms with E-state index in [9.17, 15) is 9.90 Å². The molecule has 0 aromatic heterocycles. The Morgan fingerprint density at radius 1 is 0.735 bits per heavy atom. The van der Waals surface area contributed by atoms with E-state index in [1.54, 1.807) is 0 Å². The molecule has 194 valence electrons. The summed E-state index contributed by atoms with van der Waals surface area (Å²) in [5.41, 5.74) is 0.601. The Bertz CT molecular complexity index is 833. The molecule has 5 aliphatic rings. The molecule has 0 amide bonds. The fraction of sp³-hybridized carbons (Fsp3) is 0.968. The number of aliphatic hydroxyl groups is 1. The number of carbonyl (C=O) groups excluding carboxylic acids is 1. The first-order chi connectivity index (χ1) is 15.7. The lowest BCUT2D eigenvalue weighted by molar-refractivity contribution is -0.182. The molecule has 5 rings (SSSR count). The third kappa shape index (κ3) is 3.04. The van der Waals surface area contributed by atoms with Gasteiger partial charge in [0.15, 0.2) is 0 Å². The van der Waals surface area contributed by atoms with Crippen molar-refractivity contribution in [2.24, 2.45) is 56.2 Å². The highest BCUT2D eigenvalue weighted by atomic mass is 16.5. The Hall–Kier alpha value is -0.410. The molecule has 10 atom stereocenters. The van der Waals surface area contributed by atoms with Crippen molar-refractivity contribution in [2.75, 3.05) is 7.11 Å². The lowest BCUT2D eigenvalue weighted by atomic mass is 9.41. The van der Waals surface area contributed by atoms with Crippen molar-refractivity contribution < 1.29 is 14.6 Å². The smallest absolute Gasteiger partial charge is 0.126 e. The number of ether oxygens (including phenoxy) is 1. The van der Waals surface area contributed by atoms with Gasteiger partial charge in [0.05, 0.1) is 12.2 Å². The summed E-state index contributed by atoms with van der Waals surface area (Å²) in [6.07, 6.45) is 12.9. The highest BCUT2D eigenvalue weighted by Crippen LogP contribution is 2.75. The van der Waals surface area contributed by atoms with Gasteiger partial charge >= 0.3 is 0 Å². The van der Waals surface area contributed by atoms with Crippen molar-refractivity contribution >= 4 is 6.29 Å². The summed E-state index contributed by atoms with van der Waals surface area (Å²) >= 11 is 0. The van der Waals surface area contributed by atoms with Crippen LogP contribution in [0.5, 0.6) is 0 Å². The van der Waals surface area contributed by atoms with Crippen LogP contribution in [-0.4, -0.2) is 30.7 Å². The molecule has 0 bridgehead atoms. The first-order valence-electron chi connectivity index (χ1n) is 14.4. The average molecular weight is 473 g/mol. The van der Waals surface area contributed by atoms with E-state index in [4.69, 9.17) is 4.74 Å². The third-order valence-corrected chi connectivity index (χ3v) is 13.7. The fourth-order valence-corrected chi connectivity index (χ4v) is 12.2. The maximum Gasteiger partial charge on any atom is 0.126 e. The molecule has 5 fully saturated rings. The van der Waals surface area contributed by atoms with Crippen LogP contribution in [0.3, 0.4) is 0 Å². The fourth-order valence-electron chi connectivity index (χ4n) is 12.2. The van der Waals surface area contributed by atoms with Crippen molar-refractivity contribution in [3.8, 4) is 0 Å². The lowest BCUT2D eigenvalue weighted by Crippen LogP contribution is -2.59. The van der Waals surface area contributed by atoms with Crippen LogP contribution in [0.2, 0.25) is 0 Å². The van der Waals surface area contributed by atoms with E-state index >= 15 is 0 Å². The summed E-state index contributed by atoms with van der Waals surface area (Å²) in [6.45, 7) is 17.2. The van der Waals surface area contributed by atoms with E-state index in [0.717, 1.165) is 32.1 Å². The topological polar surface area (TPSA) is 46.5 Å². The minimum Gasteiger partial charge on any atom is -0.393 e. The van der Waals surface area contributed by atoms with Crippen LogP contribution in [0.25, 0.3) is 0 Å². The van der Waals surface area contributed by atoms with Gasteiger partial charge in [-0.3, -0.25) is 0 Å². The van der Waals surface area contributed by atoms with Crippen molar-refractivity contribution in [1.29, 1.82) is 0 Å². The number of aliphatic hydroxyl groups excluding tert-OH is 1. The second-order valence-electron chi connectivity index (χ2n) is 15.7. The van der Waals surface area contributed by atoms with Gasteiger partial charge in [0.2, 0.25) is 0 Å². The van der Waals surface area contributed by atoms with Gasteiger partial charge in [-0.15, -0.1) is 0 Å². The Morgan fingerprint density at radius 3 is 2.00 bits per heavy atom. The molecule has 0 aromatic rings. The molecule has 0 aromatic carbocycles. The van der Waals surface area contributed by atoms with Crippen LogP contribution in [0.15, 0.2) is 0 Å². The minimum atomic E-state index is -0.243. The van der Waals surface area contributed by atoms with Gasteiger partial charge in [-0.05, 0) is 115 Å². The molecule has 0 radical (unpaired) electrons. The molecule has 0 aliphatic heterocycles. The summed E-state index contributed by atoms with van der Waals surface area (Å²) in [6, 6.07) is 0. The second kappa shape index (κ2) is 7.56. The van der Waals surface area contributed by atoms with Gasteiger partial charge in [0, 0.05) is 12.5 Å². The number of hydrogen-bond acceptors (Lipinski definition) is 3. The first kappa shape index (κ1) is 25.2. The Kier molecular flexibility index (Phi) is 5.61. The van der Waals surface area contributed by atoms with Crippen LogP contribution in [-0.2, 0) is 9.53 Å². The van der Waals surface area contributed by atoms with Gasteiger partial charge in [-0.2, -0.15) is 0 Å². The molecule has 5 aliphatic carbocycles. The number of hydrogen-bond donors (Lipinski definition) is 1. The van der Waals surface area contributed by atoms with Crippen molar-refractivity contribution in [3.63, 3.8) is 0 Å². The van der Waals surface area contributed by atoms with Gasteiger partial charge < -0.3 is 14.6 Å². The summed E-state index contributed by atoms with van der Waals surface area (Å²) in [7, 11) is 1.91. The number of rotatable bonds is 2. The zero-order chi connectivity index (χ0) is 24.9. The third-order valence-electron chi connectivity index (χ3n) is 13.7. The predicted molar refractivity (Wildman–Crippen MR) is 137 cm³/mol. The molecule has 0 heterocycles.